The Hall–Kier alpha value is -2.50. The summed E-state index contributed by atoms with van der Waals surface area (Å²) in [5, 5.41) is 42.7. The number of hydrogen-bond donors (Lipinski definition) is 4. The number of rotatable bonds is 3. The molecule has 134 valence electrons. The van der Waals surface area contributed by atoms with E-state index in [4.69, 9.17) is 0 Å². The van der Waals surface area contributed by atoms with Gasteiger partial charge in [-0.05, 0) is 48.3 Å². The fourth-order valence-electron chi connectivity index (χ4n) is 3.59. The molecule has 4 nitrogen and oxygen atoms in total. The van der Waals surface area contributed by atoms with Gasteiger partial charge in [-0.1, -0.05) is 49.6 Å². The zero-order chi connectivity index (χ0) is 19.3. The Morgan fingerprint density at radius 1 is 0.923 bits per heavy atom. The molecule has 0 spiro atoms. The van der Waals surface area contributed by atoms with Crippen LogP contribution in [0.3, 0.4) is 0 Å². The summed E-state index contributed by atoms with van der Waals surface area (Å²) >= 11 is 0. The second-order valence-electron chi connectivity index (χ2n) is 6.40. The first-order chi connectivity index (χ1) is 12.2. The van der Waals surface area contributed by atoms with E-state index >= 15 is 0 Å². The van der Waals surface area contributed by atoms with Gasteiger partial charge in [0.2, 0.25) is 11.6 Å². The Kier molecular flexibility index (Phi) is 4.25. The summed E-state index contributed by atoms with van der Waals surface area (Å²) in [6.45, 7) is 11.2. The Bertz CT molecular complexity index is 937. The van der Waals surface area contributed by atoms with Crippen LogP contribution < -0.4 is 0 Å². The van der Waals surface area contributed by atoms with Crippen molar-refractivity contribution in [3.8, 4) is 0 Å². The van der Waals surface area contributed by atoms with E-state index in [0.29, 0.717) is 27.8 Å². The van der Waals surface area contributed by atoms with Crippen LogP contribution in [0.5, 0.6) is 0 Å². The van der Waals surface area contributed by atoms with Crippen molar-refractivity contribution in [2.75, 3.05) is 0 Å². The van der Waals surface area contributed by atoms with Gasteiger partial charge in [0.1, 0.15) is 0 Å². The molecule has 0 saturated carbocycles. The topological polar surface area (TPSA) is 80.9 Å². The SMILES string of the molecule is C=CC1=C(/C=C\C)C(O)(O)c2cc3c(cc21)C(O)(O)C(=C)/C3=C\C=C/C. The molecule has 0 unspecified atom stereocenters. The number of aliphatic hydroxyl groups is 4. The molecule has 1 aromatic carbocycles. The third-order valence-corrected chi connectivity index (χ3v) is 4.89. The van der Waals surface area contributed by atoms with Gasteiger partial charge in [0, 0.05) is 22.3 Å². The average Bonchev–Trinajstić information content (AvgIpc) is 2.92. The van der Waals surface area contributed by atoms with Crippen LogP contribution in [-0.2, 0) is 11.6 Å². The van der Waals surface area contributed by atoms with Gasteiger partial charge in [-0.15, -0.1) is 0 Å². The van der Waals surface area contributed by atoms with Crippen molar-refractivity contribution in [3.05, 3.63) is 95.1 Å². The molecule has 3 rings (SSSR count). The Labute approximate surface area is 152 Å². The molecule has 0 heterocycles. The maximum absolute atomic E-state index is 10.7. The lowest BCUT2D eigenvalue weighted by atomic mass is 9.95. The van der Waals surface area contributed by atoms with Crippen molar-refractivity contribution in [1.82, 2.24) is 0 Å². The summed E-state index contributed by atoms with van der Waals surface area (Å²) in [6, 6.07) is 3.15. The molecule has 0 aliphatic heterocycles. The fourth-order valence-corrected chi connectivity index (χ4v) is 3.59. The Morgan fingerprint density at radius 3 is 2.12 bits per heavy atom. The van der Waals surface area contributed by atoms with Crippen molar-refractivity contribution < 1.29 is 20.4 Å². The molecule has 0 saturated heterocycles. The van der Waals surface area contributed by atoms with Gasteiger partial charge in [-0.2, -0.15) is 0 Å². The van der Waals surface area contributed by atoms with Crippen LogP contribution in [0.25, 0.3) is 11.1 Å². The highest BCUT2D eigenvalue weighted by Gasteiger charge is 2.46. The molecule has 0 bridgehead atoms. The summed E-state index contributed by atoms with van der Waals surface area (Å²) in [5.74, 6) is -4.41. The van der Waals surface area contributed by atoms with Gasteiger partial charge < -0.3 is 20.4 Å². The highest BCUT2D eigenvalue weighted by atomic mass is 16.5. The quantitative estimate of drug-likeness (QED) is 0.632. The minimum atomic E-state index is -2.22. The Morgan fingerprint density at radius 2 is 1.54 bits per heavy atom. The fraction of sp³-hybridized carbons (Fsp3) is 0.182. The van der Waals surface area contributed by atoms with E-state index in [2.05, 4.69) is 13.2 Å². The predicted molar refractivity (Wildman–Crippen MR) is 103 cm³/mol. The summed E-state index contributed by atoms with van der Waals surface area (Å²) in [5.41, 5.74) is 3.07. The first-order valence-corrected chi connectivity index (χ1v) is 8.33. The molecular weight excluding hydrogens is 328 g/mol. The largest absolute Gasteiger partial charge is 0.358 e. The molecule has 2 aliphatic rings. The van der Waals surface area contributed by atoms with Crippen LogP contribution in [0.15, 0.2) is 72.9 Å². The van der Waals surface area contributed by atoms with E-state index in [9.17, 15) is 20.4 Å². The number of allylic oxidation sites excluding steroid dienone is 6. The third kappa shape index (κ3) is 2.31. The van der Waals surface area contributed by atoms with Gasteiger partial charge >= 0.3 is 0 Å². The van der Waals surface area contributed by atoms with Crippen LogP contribution >= 0.6 is 0 Å². The molecule has 1 aromatic rings. The summed E-state index contributed by atoms with van der Waals surface area (Å²) in [6.07, 6.45) is 10.2. The summed E-state index contributed by atoms with van der Waals surface area (Å²) in [7, 11) is 0. The minimum absolute atomic E-state index is 0.147. The summed E-state index contributed by atoms with van der Waals surface area (Å²) in [4.78, 5) is 0. The smallest absolute Gasteiger partial charge is 0.218 e. The van der Waals surface area contributed by atoms with Crippen LogP contribution in [-0.4, -0.2) is 20.4 Å². The normalized spacial score (nSPS) is 21.9. The highest BCUT2D eigenvalue weighted by Crippen LogP contribution is 2.52. The van der Waals surface area contributed by atoms with E-state index in [-0.39, 0.29) is 16.7 Å². The first kappa shape index (κ1) is 18.3. The molecule has 2 aliphatic carbocycles. The molecule has 0 radical (unpaired) electrons. The van der Waals surface area contributed by atoms with E-state index in [1.54, 1.807) is 43.4 Å². The van der Waals surface area contributed by atoms with Gasteiger partial charge in [0.05, 0.1) is 0 Å². The van der Waals surface area contributed by atoms with Crippen LogP contribution in [0.1, 0.15) is 36.1 Å². The lowest BCUT2D eigenvalue weighted by Gasteiger charge is -2.21. The lowest BCUT2D eigenvalue weighted by Crippen LogP contribution is -2.25. The lowest BCUT2D eigenvalue weighted by molar-refractivity contribution is -0.131. The van der Waals surface area contributed by atoms with E-state index in [1.165, 1.54) is 6.08 Å². The second kappa shape index (κ2) is 6.04. The molecule has 4 heteroatoms. The number of hydrogen-bond acceptors (Lipinski definition) is 4. The molecule has 0 aromatic heterocycles. The Balaban J connectivity index is 2.36. The second-order valence-corrected chi connectivity index (χ2v) is 6.40. The molecule has 4 N–H and O–H groups in total. The third-order valence-electron chi connectivity index (χ3n) is 4.89. The highest BCUT2D eigenvalue weighted by molar-refractivity contribution is 5.93. The molecular formula is C22H22O4. The maximum Gasteiger partial charge on any atom is 0.218 e. The van der Waals surface area contributed by atoms with Crippen molar-refractivity contribution >= 4 is 11.1 Å². The van der Waals surface area contributed by atoms with Crippen molar-refractivity contribution in [3.63, 3.8) is 0 Å². The predicted octanol–water partition coefficient (Wildman–Crippen LogP) is 3.02. The van der Waals surface area contributed by atoms with Crippen molar-refractivity contribution in [2.45, 2.75) is 25.4 Å². The minimum Gasteiger partial charge on any atom is -0.358 e. The van der Waals surface area contributed by atoms with E-state index < -0.39 is 11.6 Å². The maximum atomic E-state index is 10.7. The molecule has 0 atom stereocenters. The van der Waals surface area contributed by atoms with Gasteiger partial charge in [-0.3, -0.25) is 0 Å². The van der Waals surface area contributed by atoms with Gasteiger partial charge in [0.15, 0.2) is 0 Å². The monoisotopic (exact) mass is 350 g/mol. The molecule has 0 amide bonds. The van der Waals surface area contributed by atoms with E-state index in [1.807, 2.05) is 13.0 Å². The van der Waals surface area contributed by atoms with Gasteiger partial charge in [-0.25, -0.2) is 0 Å². The van der Waals surface area contributed by atoms with Crippen molar-refractivity contribution in [1.29, 1.82) is 0 Å². The van der Waals surface area contributed by atoms with Crippen molar-refractivity contribution in [2.24, 2.45) is 0 Å². The van der Waals surface area contributed by atoms with Crippen LogP contribution in [0, 0.1) is 0 Å². The first-order valence-electron chi connectivity index (χ1n) is 8.33. The van der Waals surface area contributed by atoms with Crippen LogP contribution in [0.4, 0.5) is 0 Å². The molecule has 26 heavy (non-hydrogen) atoms. The summed E-state index contributed by atoms with van der Waals surface area (Å²) < 4.78 is 0. The van der Waals surface area contributed by atoms with Gasteiger partial charge in [0.25, 0.3) is 0 Å². The van der Waals surface area contributed by atoms with E-state index in [0.717, 1.165) is 0 Å². The zero-order valence-electron chi connectivity index (χ0n) is 14.8. The molecule has 0 fully saturated rings. The zero-order valence-corrected chi connectivity index (χ0v) is 14.8. The van der Waals surface area contributed by atoms with Crippen LogP contribution in [0.2, 0.25) is 0 Å². The standard InChI is InChI=1S/C22H22O4/c1-5-8-10-15-13(4)21(23,24)19-11-16-14(7-3)18(9-6-2)22(25,26)20(16)12-17(15)19/h5-12,23-26H,3-4H2,1-2H3/b8-5-,9-6-,15-10+. The number of fused-ring (bicyclic) bond motifs is 2. The average molecular weight is 350 g/mol. The number of benzene rings is 1.